The Morgan fingerprint density at radius 2 is 1.92 bits per heavy atom. The van der Waals surface area contributed by atoms with Gasteiger partial charge in [-0.05, 0) is 32.0 Å². The Kier molecular flexibility index (Phi) is 8.45. The van der Waals surface area contributed by atoms with Crippen molar-refractivity contribution in [2.24, 2.45) is 5.92 Å². The van der Waals surface area contributed by atoms with E-state index < -0.39 is 0 Å². The molecule has 138 valence electrons. The molecule has 0 aliphatic carbocycles. The Balaban J connectivity index is 0.00000312. The van der Waals surface area contributed by atoms with Gasteiger partial charge in [-0.1, -0.05) is 32.0 Å². The summed E-state index contributed by atoms with van der Waals surface area (Å²) < 4.78 is 7.47. The highest BCUT2D eigenvalue weighted by Gasteiger charge is 2.19. The third-order valence-corrected chi connectivity index (χ3v) is 3.55. The Morgan fingerprint density at radius 1 is 1.24 bits per heavy atom. The Labute approximate surface area is 155 Å². The fourth-order valence-corrected chi connectivity index (χ4v) is 2.02. The number of aromatic nitrogens is 2. The van der Waals surface area contributed by atoms with Gasteiger partial charge in [-0.15, -0.1) is 12.4 Å². The van der Waals surface area contributed by atoms with E-state index in [4.69, 9.17) is 4.74 Å². The number of benzene rings is 1. The van der Waals surface area contributed by atoms with Crippen molar-refractivity contribution in [1.82, 2.24) is 20.4 Å². The molecule has 0 aliphatic rings. The molecule has 1 heterocycles. The molecule has 0 spiro atoms. The number of amides is 1. The predicted octanol–water partition coefficient (Wildman–Crippen LogP) is 2.67. The molecule has 1 aromatic carbocycles. The molecule has 0 saturated carbocycles. The Morgan fingerprint density at radius 3 is 2.52 bits per heavy atom. The average Bonchev–Trinajstić information content (AvgIpc) is 3.02. The van der Waals surface area contributed by atoms with E-state index >= 15 is 0 Å². The second-order valence-corrected chi connectivity index (χ2v) is 6.23. The molecule has 0 radical (unpaired) electrons. The minimum atomic E-state index is -0.231. The van der Waals surface area contributed by atoms with E-state index in [-0.39, 0.29) is 24.4 Å². The fraction of sp³-hybridized carbons (Fsp3) is 0.444. The third-order valence-electron chi connectivity index (χ3n) is 3.55. The van der Waals surface area contributed by atoms with Crippen LogP contribution in [-0.2, 0) is 0 Å². The SMILES string of the molecule is CNC(C)CNC(=O)c1nn(-c2ccccc2)cc1OCC(C)C.Cl. The maximum atomic E-state index is 12.5. The van der Waals surface area contributed by atoms with Crippen LogP contribution in [0.15, 0.2) is 36.5 Å². The third kappa shape index (κ3) is 6.07. The number of nitrogens with one attached hydrogen (secondary N) is 2. The molecule has 2 aromatic rings. The summed E-state index contributed by atoms with van der Waals surface area (Å²) in [5, 5.41) is 10.4. The van der Waals surface area contributed by atoms with Crippen LogP contribution in [0.4, 0.5) is 0 Å². The van der Waals surface area contributed by atoms with Gasteiger partial charge in [-0.25, -0.2) is 4.68 Å². The first kappa shape index (κ1) is 21.0. The predicted molar refractivity (Wildman–Crippen MR) is 102 cm³/mol. The molecular formula is C18H27ClN4O2. The molecule has 0 aliphatic heterocycles. The van der Waals surface area contributed by atoms with Gasteiger partial charge in [0.05, 0.1) is 18.5 Å². The fourth-order valence-electron chi connectivity index (χ4n) is 2.02. The van der Waals surface area contributed by atoms with E-state index in [0.29, 0.717) is 30.5 Å². The zero-order valence-electron chi connectivity index (χ0n) is 15.2. The molecule has 25 heavy (non-hydrogen) atoms. The van der Waals surface area contributed by atoms with Gasteiger partial charge in [-0.2, -0.15) is 5.10 Å². The standard InChI is InChI=1S/C18H26N4O2.ClH/c1-13(2)12-24-16-11-22(15-8-6-5-7-9-15)21-17(16)18(23)20-10-14(3)19-4;/h5-9,11,13-14,19H,10,12H2,1-4H3,(H,20,23);1H. The quantitative estimate of drug-likeness (QED) is 0.753. The smallest absolute Gasteiger partial charge is 0.275 e. The van der Waals surface area contributed by atoms with Crippen molar-refractivity contribution in [1.29, 1.82) is 0 Å². The molecule has 2 rings (SSSR count). The van der Waals surface area contributed by atoms with Gasteiger partial charge in [0, 0.05) is 12.6 Å². The van der Waals surface area contributed by atoms with Crippen LogP contribution in [0.25, 0.3) is 5.69 Å². The number of carbonyl (C=O) groups excluding carboxylic acids is 1. The summed E-state index contributed by atoms with van der Waals surface area (Å²) in [6.07, 6.45) is 1.76. The topological polar surface area (TPSA) is 68.2 Å². The molecule has 0 saturated heterocycles. The lowest BCUT2D eigenvalue weighted by atomic mass is 10.2. The second kappa shape index (κ2) is 10.1. The number of rotatable bonds is 8. The molecule has 1 unspecified atom stereocenters. The van der Waals surface area contributed by atoms with Crippen molar-refractivity contribution >= 4 is 18.3 Å². The van der Waals surface area contributed by atoms with E-state index in [0.717, 1.165) is 5.69 Å². The zero-order chi connectivity index (χ0) is 17.5. The normalized spacial score (nSPS) is 11.7. The summed E-state index contributed by atoms with van der Waals surface area (Å²) in [4.78, 5) is 12.5. The highest BCUT2D eigenvalue weighted by molar-refractivity contribution is 5.95. The number of halogens is 1. The number of hydrogen-bond donors (Lipinski definition) is 2. The van der Waals surface area contributed by atoms with E-state index in [1.54, 1.807) is 10.9 Å². The van der Waals surface area contributed by atoms with Crippen LogP contribution < -0.4 is 15.4 Å². The summed E-state index contributed by atoms with van der Waals surface area (Å²) in [5.74, 6) is 0.637. The highest BCUT2D eigenvalue weighted by atomic mass is 35.5. The number of ether oxygens (including phenoxy) is 1. The zero-order valence-corrected chi connectivity index (χ0v) is 16.0. The summed E-state index contributed by atoms with van der Waals surface area (Å²) in [5.41, 5.74) is 1.19. The Bertz CT molecular complexity index is 658. The molecule has 2 N–H and O–H groups in total. The number of para-hydroxylation sites is 1. The number of likely N-dealkylation sites (N-methyl/N-ethyl adjacent to an activating group) is 1. The van der Waals surface area contributed by atoms with Crippen molar-refractivity contribution in [2.75, 3.05) is 20.2 Å². The molecule has 1 aromatic heterocycles. The summed E-state index contributed by atoms with van der Waals surface area (Å²) >= 11 is 0. The molecule has 7 heteroatoms. The number of carbonyl (C=O) groups is 1. The van der Waals surface area contributed by atoms with Crippen LogP contribution >= 0.6 is 12.4 Å². The molecule has 0 bridgehead atoms. The lowest BCUT2D eigenvalue weighted by molar-refractivity contribution is 0.0940. The van der Waals surface area contributed by atoms with E-state index in [9.17, 15) is 4.79 Å². The van der Waals surface area contributed by atoms with Crippen LogP contribution in [0.5, 0.6) is 5.75 Å². The first-order valence-electron chi connectivity index (χ1n) is 8.24. The van der Waals surface area contributed by atoms with Gasteiger partial charge < -0.3 is 15.4 Å². The van der Waals surface area contributed by atoms with Crippen LogP contribution in [-0.4, -0.2) is 41.9 Å². The first-order valence-corrected chi connectivity index (χ1v) is 8.24. The monoisotopic (exact) mass is 366 g/mol. The van der Waals surface area contributed by atoms with Gasteiger partial charge in [0.1, 0.15) is 0 Å². The Hall–Kier alpha value is -2.05. The van der Waals surface area contributed by atoms with E-state index in [1.807, 2.05) is 44.3 Å². The van der Waals surface area contributed by atoms with E-state index in [1.165, 1.54) is 0 Å². The minimum Gasteiger partial charge on any atom is -0.489 e. The maximum Gasteiger partial charge on any atom is 0.275 e. The van der Waals surface area contributed by atoms with Gasteiger partial charge >= 0.3 is 0 Å². The van der Waals surface area contributed by atoms with Crippen molar-refractivity contribution in [3.05, 3.63) is 42.2 Å². The van der Waals surface area contributed by atoms with Gasteiger partial charge in [0.15, 0.2) is 11.4 Å². The van der Waals surface area contributed by atoms with Crippen molar-refractivity contribution in [3.63, 3.8) is 0 Å². The number of hydrogen-bond acceptors (Lipinski definition) is 4. The molecule has 6 nitrogen and oxygen atoms in total. The highest BCUT2D eigenvalue weighted by Crippen LogP contribution is 2.20. The van der Waals surface area contributed by atoms with Gasteiger partial charge in [-0.3, -0.25) is 4.79 Å². The van der Waals surface area contributed by atoms with Crippen molar-refractivity contribution in [3.8, 4) is 11.4 Å². The first-order chi connectivity index (χ1) is 11.5. The maximum absolute atomic E-state index is 12.5. The van der Waals surface area contributed by atoms with Crippen LogP contribution in [0.3, 0.4) is 0 Å². The molecular weight excluding hydrogens is 340 g/mol. The second-order valence-electron chi connectivity index (χ2n) is 6.23. The van der Waals surface area contributed by atoms with E-state index in [2.05, 4.69) is 29.6 Å². The summed E-state index contributed by atoms with van der Waals surface area (Å²) in [6.45, 7) is 7.19. The average molecular weight is 367 g/mol. The van der Waals surface area contributed by atoms with Crippen LogP contribution in [0.2, 0.25) is 0 Å². The van der Waals surface area contributed by atoms with Gasteiger partial charge in [0.2, 0.25) is 0 Å². The lowest BCUT2D eigenvalue weighted by Crippen LogP contribution is -2.37. The van der Waals surface area contributed by atoms with Crippen LogP contribution in [0.1, 0.15) is 31.3 Å². The minimum absolute atomic E-state index is 0. The molecule has 1 amide bonds. The van der Waals surface area contributed by atoms with Gasteiger partial charge in [0.25, 0.3) is 5.91 Å². The molecule has 1 atom stereocenters. The lowest BCUT2D eigenvalue weighted by Gasteiger charge is -2.11. The largest absolute Gasteiger partial charge is 0.489 e. The van der Waals surface area contributed by atoms with Crippen LogP contribution in [0, 0.1) is 5.92 Å². The number of nitrogens with zero attached hydrogens (tertiary/aromatic N) is 2. The van der Waals surface area contributed by atoms with Crippen molar-refractivity contribution in [2.45, 2.75) is 26.8 Å². The molecule has 0 fully saturated rings. The van der Waals surface area contributed by atoms with Crippen molar-refractivity contribution < 1.29 is 9.53 Å². The summed E-state index contributed by atoms with van der Waals surface area (Å²) in [6, 6.07) is 9.86. The summed E-state index contributed by atoms with van der Waals surface area (Å²) in [7, 11) is 1.86.